The van der Waals surface area contributed by atoms with E-state index < -0.39 is 10.0 Å². The maximum absolute atomic E-state index is 12.2. The number of benzene rings is 1. The number of methoxy groups -OCH3 is 2. The summed E-state index contributed by atoms with van der Waals surface area (Å²) in [5, 5.41) is 2.74. The van der Waals surface area contributed by atoms with Crippen molar-refractivity contribution in [3.8, 4) is 11.5 Å². The maximum atomic E-state index is 12.2. The predicted molar refractivity (Wildman–Crippen MR) is 98.2 cm³/mol. The van der Waals surface area contributed by atoms with Gasteiger partial charge in [-0.2, -0.15) is 4.31 Å². The van der Waals surface area contributed by atoms with E-state index in [1.54, 1.807) is 18.2 Å². The van der Waals surface area contributed by atoms with Gasteiger partial charge in [-0.1, -0.05) is 0 Å². The van der Waals surface area contributed by atoms with Crippen LogP contribution < -0.4 is 14.8 Å². The number of hydrogen-bond acceptors (Lipinski definition) is 6. The Bertz CT molecular complexity index is 716. The average molecular weight is 386 g/mol. The van der Waals surface area contributed by atoms with Gasteiger partial charge < -0.3 is 19.5 Å². The van der Waals surface area contributed by atoms with E-state index in [1.165, 1.54) is 18.5 Å². The van der Waals surface area contributed by atoms with E-state index in [0.717, 1.165) is 19.1 Å². The Morgan fingerprint density at radius 1 is 1.31 bits per heavy atom. The molecule has 1 N–H and O–H groups in total. The quantitative estimate of drug-likeness (QED) is 0.691. The smallest absolute Gasteiger partial charge is 0.225 e. The second kappa shape index (κ2) is 9.20. The first-order valence-electron chi connectivity index (χ1n) is 8.42. The first kappa shape index (κ1) is 20.5. The number of rotatable bonds is 9. The highest BCUT2D eigenvalue weighted by Crippen LogP contribution is 2.29. The predicted octanol–water partition coefficient (Wildman–Crippen LogP) is 1.47. The summed E-state index contributed by atoms with van der Waals surface area (Å²) < 4.78 is 41.1. The van der Waals surface area contributed by atoms with E-state index in [4.69, 9.17) is 14.2 Å². The Morgan fingerprint density at radius 3 is 2.62 bits per heavy atom. The molecule has 8 nitrogen and oxygen atoms in total. The molecule has 0 saturated carbocycles. The van der Waals surface area contributed by atoms with Gasteiger partial charge in [0.15, 0.2) is 11.5 Å². The van der Waals surface area contributed by atoms with Crippen LogP contribution in [0.1, 0.15) is 19.3 Å². The Labute approximate surface area is 154 Å². The lowest BCUT2D eigenvalue weighted by Crippen LogP contribution is -2.38. The van der Waals surface area contributed by atoms with E-state index in [1.807, 2.05) is 0 Å². The highest BCUT2D eigenvalue weighted by atomic mass is 32.2. The highest BCUT2D eigenvalue weighted by Gasteiger charge is 2.25. The molecule has 0 bridgehead atoms. The van der Waals surface area contributed by atoms with Crippen molar-refractivity contribution < 1.29 is 27.4 Å². The van der Waals surface area contributed by atoms with Crippen LogP contribution in [0.25, 0.3) is 0 Å². The van der Waals surface area contributed by atoms with Gasteiger partial charge in [0.1, 0.15) is 0 Å². The molecule has 0 radical (unpaired) electrons. The Balaban J connectivity index is 1.93. The summed E-state index contributed by atoms with van der Waals surface area (Å²) in [7, 11) is -0.360. The van der Waals surface area contributed by atoms with E-state index in [2.05, 4.69) is 5.32 Å². The van der Waals surface area contributed by atoms with Crippen molar-refractivity contribution in [3.05, 3.63) is 18.2 Å². The third-order valence-electron chi connectivity index (χ3n) is 4.16. The van der Waals surface area contributed by atoms with Gasteiger partial charge in [0.25, 0.3) is 0 Å². The minimum absolute atomic E-state index is 0.0497. The normalized spacial score (nSPS) is 17.3. The molecule has 1 fully saturated rings. The van der Waals surface area contributed by atoms with Crippen LogP contribution in [0.4, 0.5) is 5.69 Å². The molecule has 9 heteroatoms. The van der Waals surface area contributed by atoms with Crippen molar-refractivity contribution in [3.63, 3.8) is 0 Å². The molecular weight excluding hydrogens is 360 g/mol. The summed E-state index contributed by atoms with van der Waals surface area (Å²) in [6, 6.07) is 5.03. The molecule has 0 spiro atoms. The first-order chi connectivity index (χ1) is 12.3. The molecule has 0 aliphatic carbocycles. The molecule has 2 rings (SSSR count). The van der Waals surface area contributed by atoms with Crippen LogP contribution in [0.5, 0.6) is 11.5 Å². The highest BCUT2D eigenvalue weighted by molar-refractivity contribution is 7.88. The molecule has 1 amide bonds. The molecule has 26 heavy (non-hydrogen) atoms. The lowest BCUT2D eigenvalue weighted by atomic mass is 10.2. The lowest BCUT2D eigenvalue weighted by molar-refractivity contribution is -0.116. The van der Waals surface area contributed by atoms with Crippen molar-refractivity contribution in [2.45, 2.75) is 25.4 Å². The molecule has 1 aromatic rings. The molecule has 0 aromatic heterocycles. The molecule has 1 aliphatic heterocycles. The van der Waals surface area contributed by atoms with E-state index in [-0.39, 0.29) is 31.5 Å². The summed E-state index contributed by atoms with van der Waals surface area (Å²) >= 11 is 0. The molecule has 1 unspecified atom stereocenters. The standard InChI is InChI=1S/C17H26N2O6S/c1-23-15-7-6-13(11-16(15)24-2)18-17(20)8-9-19(26(3,21)22)12-14-5-4-10-25-14/h6-7,11,14H,4-5,8-10,12H2,1-3H3,(H,18,20). The molecule has 1 heterocycles. The second-order valence-electron chi connectivity index (χ2n) is 6.12. The Morgan fingerprint density at radius 2 is 2.04 bits per heavy atom. The average Bonchev–Trinajstić information content (AvgIpc) is 3.10. The van der Waals surface area contributed by atoms with Crippen LogP contribution in [-0.4, -0.2) is 64.9 Å². The van der Waals surface area contributed by atoms with Crippen molar-refractivity contribution >= 4 is 21.6 Å². The summed E-state index contributed by atoms with van der Waals surface area (Å²) in [6.45, 7) is 1.04. The van der Waals surface area contributed by atoms with Crippen molar-refractivity contribution in [1.82, 2.24) is 4.31 Å². The van der Waals surface area contributed by atoms with Gasteiger partial charge in [-0.3, -0.25) is 4.79 Å². The number of amides is 1. The zero-order valence-electron chi connectivity index (χ0n) is 15.4. The van der Waals surface area contributed by atoms with Crippen LogP contribution in [0, 0.1) is 0 Å². The zero-order valence-corrected chi connectivity index (χ0v) is 16.2. The third-order valence-corrected chi connectivity index (χ3v) is 5.43. The number of carbonyl (C=O) groups is 1. The van der Waals surface area contributed by atoms with Crippen LogP contribution in [0.2, 0.25) is 0 Å². The topological polar surface area (TPSA) is 94.2 Å². The number of sulfonamides is 1. The molecular formula is C17H26N2O6S. The fourth-order valence-corrected chi connectivity index (χ4v) is 3.63. The number of anilines is 1. The first-order valence-corrected chi connectivity index (χ1v) is 10.3. The summed E-state index contributed by atoms with van der Waals surface area (Å²) in [5.41, 5.74) is 0.553. The lowest BCUT2D eigenvalue weighted by Gasteiger charge is -2.22. The van der Waals surface area contributed by atoms with Gasteiger partial charge in [-0.25, -0.2) is 8.42 Å². The van der Waals surface area contributed by atoms with Crippen molar-refractivity contribution in [2.75, 3.05) is 45.5 Å². The minimum Gasteiger partial charge on any atom is -0.493 e. The zero-order chi connectivity index (χ0) is 19.2. The number of hydrogen-bond donors (Lipinski definition) is 1. The third kappa shape index (κ3) is 5.86. The number of carbonyl (C=O) groups excluding carboxylic acids is 1. The summed E-state index contributed by atoms with van der Waals surface area (Å²) in [6.07, 6.45) is 2.87. The van der Waals surface area contributed by atoms with Crippen molar-refractivity contribution in [2.24, 2.45) is 0 Å². The molecule has 1 aliphatic rings. The second-order valence-corrected chi connectivity index (χ2v) is 8.11. The molecule has 1 atom stereocenters. The van der Waals surface area contributed by atoms with Crippen LogP contribution in [0.15, 0.2) is 18.2 Å². The number of nitrogens with one attached hydrogen (secondary N) is 1. The fraction of sp³-hybridized carbons (Fsp3) is 0.588. The van der Waals surface area contributed by atoms with Gasteiger partial charge in [-0.15, -0.1) is 0 Å². The van der Waals surface area contributed by atoms with Crippen LogP contribution >= 0.6 is 0 Å². The number of nitrogens with zero attached hydrogens (tertiary/aromatic N) is 1. The fourth-order valence-electron chi connectivity index (χ4n) is 2.77. The Kier molecular flexibility index (Phi) is 7.24. The van der Waals surface area contributed by atoms with Crippen LogP contribution in [0.3, 0.4) is 0 Å². The largest absolute Gasteiger partial charge is 0.493 e. The molecule has 1 aromatic carbocycles. The monoisotopic (exact) mass is 386 g/mol. The van der Waals surface area contributed by atoms with E-state index in [0.29, 0.717) is 23.8 Å². The van der Waals surface area contributed by atoms with E-state index in [9.17, 15) is 13.2 Å². The van der Waals surface area contributed by atoms with Crippen molar-refractivity contribution in [1.29, 1.82) is 0 Å². The summed E-state index contributed by atoms with van der Waals surface area (Å²) in [4.78, 5) is 12.2. The van der Waals surface area contributed by atoms with Crippen LogP contribution in [-0.2, 0) is 19.6 Å². The molecule has 1 saturated heterocycles. The molecule has 146 valence electrons. The summed E-state index contributed by atoms with van der Waals surface area (Å²) in [5.74, 6) is 0.782. The van der Waals surface area contributed by atoms with Gasteiger partial charge in [0, 0.05) is 37.9 Å². The van der Waals surface area contributed by atoms with Gasteiger partial charge in [0.05, 0.1) is 26.6 Å². The minimum atomic E-state index is -3.40. The van der Waals surface area contributed by atoms with Gasteiger partial charge in [0.2, 0.25) is 15.9 Å². The van der Waals surface area contributed by atoms with Gasteiger partial charge >= 0.3 is 0 Å². The van der Waals surface area contributed by atoms with E-state index >= 15 is 0 Å². The Hall–Kier alpha value is -1.84. The number of ether oxygens (including phenoxy) is 3. The SMILES string of the molecule is COc1ccc(NC(=O)CCN(CC2CCCO2)S(C)(=O)=O)cc1OC. The maximum Gasteiger partial charge on any atom is 0.225 e. The van der Waals surface area contributed by atoms with Gasteiger partial charge in [-0.05, 0) is 25.0 Å².